The highest BCUT2D eigenvalue weighted by molar-refractivity contribution is 5.94. The second kappa shape index (κ2) is 6.80. The standard InChI is InChI=1S/C16H13F2NO3/c1-10(20)11-3-2-4-13(7-11)22-9-16(21)19-12-5-6-14(17)15(18)8-12/h2-8H,9H2,1H3,(H,19,21). The summed E-state index contributed by atoms with van der Waals surface area (Å²) in [7, 11) is 0. The average molecular weight is 305 g/mol. The van der Waals surface area contributed by atoms with Gasteiger partial charge in [0.15, 0.2) is 24.0 Å². The van der Waals surface area contributed by atoms with Crippen LogP contribution in [-0.2, 0) is 4.79 Å². The molecule has 0 unspecified atom stereocenters. The van der Waals surface area contributed by atoms with Gasteiger partial charge in [-0.2, -0.15) is 0 Å². The van der Waals surface area contributed by atoms with E-state index in [9.17, 15) is 18.4 Å². The predicted octanol–water partition coefficient (Wildman–Crippen LogP) is 3.18. The Morgan fingerprint density at radius 2 is 1.86 bits per heavy atom. The normalized spacial score (nSPS) is 10.1. The van der Waals surface area contributed by atoms with E-state index in [-0.39, 0.29) is 18.1 Å². The number of carbonyl (C=O) groups excluding carboxylic acids is 2. The first-order chi connectivity index (χ1) is 10.5. The van der Waals surface area contributed by atoms with Crippen LogP contribution in [0.15, 0.2) is 42.5 Å². The van der Waals surface area contributed by atoms with Gasteiger partial charge in [-0.1, -0.05) is 12.1 Å². The topological polar surface area (TPSA) is 55.4 Å². The van der Waals surface area contributed by atoms with Gasteiger partial charge in [0.25, 0.3) is 5.91 Å². The summed E-state index contributed by atoms with van der Waals surface area (Å²) in [4.78, 5) is 22.9. The highest BCUT2D eigenvalue weighted by Crippen LogP contribution is 2.15. The lowest BCUT2D eigenvalue weighted by Crippen LogP contribution is -2.20. The van der Waals surface area contributed by atoms with Crippen molar-refractivity contribution in [2.24, 2.45) is 0 Å². The minimum Gasteiger partial charge on any atom is -0.484 e. The molecule has 0 aliphatic carbocycles. The van der Waals surface area contributed by atoms with E-state index in [1.54, 1.807) is 18.2 Å². The summed E-state index contributed by atoms with van der Waals surface area (Å²) in [6.07, 6.45) is 0. The quantitative estimate of drug-likeness (QED) is 0.863. The molecule has 1 amide bonds. The zero-order valence-corrected chi connectivity index (χ0v) is 11.7. The number of hydrogen-bond donors (Lipinski definition) is 1. The fraction of sp³-hybridized carbons (Fsp3) is 0.125. The van der Waals surface area contributed by atoms with Gasteiger partial charge in [0.05, 0.1) is 0 Å². The lowest BCUT2D eigenvalue weighted by atomic mass is 10.1. The van der Waals surface area contributed by atoms with Crippen molar-refractivity contribution in [3.63, 3.8) is 0 Å². The van der Waals surface area contributed by atoms with E-state index in [1.807, 2.05) is 0 Å². The molecule has 2 aromatic carbocycles. The van der Waals surface area contributed by atoms with Crippen LogP contribution in [0.3, 0.4) is 0 Å². The maximum Gasteiger partial charge on any atom is 0.262 e. The van der Waals surface area contributed by atoms with Gasteiger partial charge in [-0.15, -0.1) is 0 Å². The maximum atomic E-state index is 13.0. The second-order valence-electron chi connectivity index (χ2n) is 4.55. The smallest absolute Gasteiger partial charge is 0.262 e. The van der Waals surface area contributed by atoms with Crippen molar-refractivity contribution < 1.29 is 23.1 Å². The zero-order valence-electron chi connectivity index (χ0n) is 11.7. The number of benzene rings is 2. The molecule has 0 heterocycles. The first-order valence-corrected chi connectivity index (χ1v) is 6.44. The Bertz CT molecular complexity index is 716. The molecule has 114 valence electrons. The molecule has 2 aromatic rings. The van der Waals surface area contributed by atoms with Gasteiger partial charge in [-0.3, -0.25) is 9.59 Å². The van der Waals surface area contributed by atoms with Crippen LogP contribution in [0.2, 0.25) is 0 Å². The summed E-state index contributed by atoms with van der Waals surface area (Å²) in [5, 5.41) is 2.38. The number of anilines is 1. The van der Waals surface area contributed by atoms with E-state index in [4.69, 9.17) is 4.74 Å². The second-order valence-corrected chi connectivity index (χ2v) is 4.55. The molecule has 0 saturated heterocycles. The Kier molecular flexibility index (Phi) is 4.83. The minimum atomic E-state index is -1.05. The summed E-state index contributed by atoms with van der Waals surface area (Å²) >= 11 is 0. The van der Waals surface area contributed by atoms with Gasteiger partial charge in [0.1, 0.15) is 5.75 Å². The summed E-state index contributed by atoms with van der Waals surface area (Å²) in [6, 6.07) is 9.44. The van der Waals surface area contributed by atoms with Crippen molar-refractivity contribution in [3.8, 4) is 5.75 Å². The van der Waals surface area contributed by atoms with Crippen molar-refractivity contribution in [2.45, 2.75) is 6.92 Å². The largest absolute Gasteiger partial charge is 0.484 e. The molecular weight excluding hydrogens is 292 g/mol. The van der Waals surface area contributed by atoms with E-state index in [0.717, 1.165) is 12.1 Å². The summed E-state index contributed by atoms with van der Waals surface area (Å²) in [5.41, 5.74) is 0.600. The number of ketones is 1. The van der Waals surface area contributed by atoms with Gasteiger partial charge < -0.3 is 10.1 Å². The van der Waals surface area contributed by atoms with Crippen molar-refractivity contribution in [1.29, 1.82) is 0 Å². The fourth-order valence-electron chi connectivity index (χ4n) is 1.72. The van der Waals surface area contributed by atoms with Crippen molar-refractivity contribution in [2.75, 3.05) is 11.9 Å². The van der Waals surface area contributed by atoms with E-state index in [2.05, 4.69) is 5.32 Å². The Morgan fingerprint density at radius 1 is 1.09 bits per heavy atom. The number of halogens is 2. The van der Waals surface area contributed by atoms with Crippen LogP contribution in [0.5, 0.6) is 5.75 Å². The lowest BCUT2D eigenvalue weighted by molar-refractivity contribution is -0.118. The number of nitrogens with one attached hydrogen (secondary N) is 1. The van der Waals surface area contributed by atoms with Crippen LogP contribution in [0, 0.1) is 11.6 Å². The average Bonchev–Trinajstić information content (AvgIpc) is 2.49. The molecule has 1 N–H and O–H groups in total. The number of rotatable bonds is 5. The summed E-state index contributed by atoms with van der Waals surface area (Å²) in [6.45, 7) is 1.11. The molecule has 0 radical (unpaired) electrons. The van der Waals surface area contributed by atoms with E-state index < -0.39 is 17.5 Å². The molecule has 0 aliphatic rings. The SMILES string of the molecule is CC(=O)c1cccc(OCC(=O)Nc2ccc(F)c(F)c2)c1. The maximum absolute atomic E-state index is 13.0. The van der Waals surface area contributed by atoms with Gasteiger partial charge in [0, 0.05) is 17.3 Å². The number of carbonyl (C=O) groups is 2. The minimum absolute atomic E-state index is 0.114. The lowest BCUT2D eigenvalue weighted by Gasteiger charge is -2.08. The third kappa shape index (κ3) is 4.12. The van der Waals surface area contributed by atoms with Gasteiger partial charge in [-0.05, 0) is 31.2 Å². The van der Waals surface area contributed by atoms with E-state index >= 15 is 0 Å². The summed E-state index contributed by atoms with van der Waals surface area (Å²) < 4.78 is 31.0. The third-order valence-corrected chi connectivity index (χ3v) is 2.81. The molecule has 0 bridgehead atoms. The Labute approximate surface area is 125 Å². The van der Waals surface area contributed by atoms with Crippen molar-refractivity contribution in [1.82, 2.24) is 0 Å². The van der Waals surface area contributed by atoms with Crippen LogP contribution in [0.1, 0.15) is 17.3 Å². The molecule has 0 spiro atoms. The highest BCUT2D eigenvalue weighted by Gasteiger charge is 2.08. The van der Waals surface area contributed by atoms with Crippen LogP contribution in [0.25, 0.3) is 0 Å². The predicted molar refractivity (Wildman–Crippen MR) is 76.9 cm³/mol. The number of Topliss-reactive ketones (excluding diaryl/α,β-unsaturated/α-hetero) is 1. The molecule has 0 aromatic heterocycles. The molecule has 6 heteroatoms. The molecular formula is C16H13F2NO3. The molecule has 0 fully saturated rings. The number of amides is 1. The molecule has 22 heavy (non-hydrogen) atoms. The number of ether oxygens (including phenoxy) is 1. The molecule has 4 nitrogen and oxygen atoms in total. The first-order valence-electron chi connectivity index (χ1n) is 6.44. The Hall–Kier alpha value is -2.76. The van der Waals surface area contributed by atoms with Gasteiger partial charge in [0.2, 0.25) is 0 Å². The summed E-state index contributed by atoms with van der Waals surface area (Å²) in [5.74, 6) is -2.31. The fourth-order valence-corrected chi connectivity index (χ4v) is 1.72. The third-order valence-electron chi connectivity index (χ3n) is 2.81. The van der Waals surface area contributed by atoms with Gasteiger partial charge >= 0.3 is 0 Å². The van der Waals surface area contributed by atoms with Gasteiger partial charge in [-0.25, -0.2) is 8.78 Å². The van der Waals surface area contributed by atoms with Crippen LogP contribution in [-0.4, -0.2) is 18.3 Å². The Morgan fingerprint density at radius 3 is 2.55 bits per heavy atom. The molecule has 0 atom stereocenters. The first kappa shape index (κ1) is 15.6. The monoisotopic (exact) mass is 305 g/mol. The number of hydrogen-bond acceptors (Lipinski definition) is 3. The van der Waals surface area contributed by atoms with Crippen molar-refractivity contribution in [3.05, 3.63) is 59.7 Å². The van der Waals surface area contributed by atoms with Crippen molar-refractivity contribution >= 4 is 17.4 Å². The highest BCUT2D eigenvalue weighted by atomic mass is 19.2. The van der Waals surface area contributed by atoms with E-state index in [1.165, 1.54) is 19.1 Å². The van der Waals surface area contributed by atoms with Crippen LogP contribution < -0.4 is 10.1 Å². The van der Waals surface area contributed by atoms with E-state index in [0.29, 0.717) is 11.3 Å². The molecule has 2 rings (SSSR count). The van der Waals surface area contributed by atoms with Crippen LogP contribution >= 0.6 is 0 Å². The Balaban J connectivity index is 1.94. The van der Waals surface area contributed by atoms with Crippen LogP contribution in [0.4, 0.5) is 14.5 Å². The molecule has 0 aliphatic heterocycles. The molecule has 0 saturated carbocycles. The zero-order chi connectivity index (χ0) is 16.1.